The Morgan fingerprint density at radius 2 is 1.89 bits per heavy atom. The molecule has 1 N–H and O–H groups in total. The van der Waals surface area contributed by atoms with Gasteiger partial charge in [0.05, 0.1) is 14.2 Å². The van der Waals surface area contributed by atoms with Gasteiger partial charge in [-0.05, 0) is 62.4 Å². The molecule has 0 amide bonds. The summed E-state index contributed by atoms with van der Waals surface area (Å²) in [6, 6.07) is 4.88. The van der Waals surface area contributed by atoms with Crippen LogP contribution in [0.3, 0.4) is 0 Å². The fraction of sp³-hybridized carbons (Fsp3) is 0.625. The average molecular weight is 263 g/mol. The van der Waals surface area contributed by atoms with Gasteiger partial charge in [0.2, 0.25) is 0 Å². The maximum absolute atomic E-state index is 5.38. The van der Waals surface area contributed by atoms with Crippen LogP contribution < -0.4 is 14.8 Å². The molecule has 1 aromatic rings. The summed E-state index contributed by atoms with van der Waals surface area (Å²) < 4.78 is 10.7. The molecule has 2 rings (SSSR count). The largest absolute Gasteiger partial charge is 0.493 e. The van der Waals surface area contributed by atoms with E-state index in [1.165, 1.54) is 43.4 Å². The number of nitrogens with one attached hydrogen (secondary N) is 1. The maximum Gasteiger partial charge on any atom is 0.161 e. The van der Waals surface area contributed by atoms with Crippen LogP contribution >= 0.6 is 0 Å². The Hall–Kier alpha value is -1.22. The molecule has 0 aromatic heterocycles. The maximum atomic E-state index is 5.38. The first-order chi connectivity index (χ1) is 9.24. The quantitative estimate of drug-likeness (QED) is 0.885. The summed E-state index contributed by atoms with van der Waals surface area (Å²) in [5, 5.41) is 3.60. The standard InChI is InChI=1S/C16H25NO2/c1-12-10-15(18-2)16(19-3)11-13(12)7-8-14-6-4-5-9-17-14/h10-11,14,17H,4-9H2,1-3H3. The second-order valence-electron chi connectivity index (χ2n) is 5.32. The van der Waals surface area contributed by atoms with Crippen LogP contribution in [-0.2, 0) is 6.42 Å². The van der Waals surface area contributed by atoms with Crippen LogP contribution in [0, 0.1) is 6.92 Å². The summed E-state index contributed by atoms with van der Waals surface area (Å²) in [5.41, 5.74) is 2.65. The van der Waals surface area contributed by atoms with Crippen LogP contribution in [0.25, 0.3) is 0 Å². The molecule has 0 spiro atoms. The number of rotatable bonds is 5. The lowest BCUT2D eigenvalue weighted by molar-refractivity contribution is 0.353. The van der Waals surface area contributed by atoms with Crippen LogP contribution in [0.15, 0.2) is 12.1 Å². The minimum absolute atomic E-state index is 0.682. The van der Waals surface area contributed by atoms with E-state index in [1.807, 2.05) is 0 Å². The molecule has 1 atom stereocenters. The first-order valence-electron chi connectivity index (χ1n) is 7.19. The van der Waals surface area contributed by atoms with Gasteiger partial charge >= 0.3 is 0 Å². The Labute approximate surface area is 116 Å². The third-order valence-corrected chi connectivity index (χ3v) is 4.02. The van der Waals surface area contributed by atoms with E-state index in [0.29, 0.717) is 6.04 Å². The Balaban J connectivity index is 2.02. The van der Waals surface area contributed by atoms with E-state index in [2.05, 4.69) is 24.4 Å². The molecule has 1 unspecified atom stereocenters. The number of benzene rings is 1. The number of hydrogen-bond donors (Lipinski definition) is 1. The molecule has 0 saturated carbocycles. The molecule has 19 heavy (non-hydrogen) atoms. The van der Waals surface area contributed by atoms with E-state index < -0.39 is 0 Å². The topological polar surface area (TPSA) is 30.5 Å². The Kier molecular flexibility index (Phi) is 5.08. The zero-order valence-corrected chi connectivity index (χ0v) is 12.3. The monoisotopic (exact) mass is 263 g/mol. The highest BCUT2D eigenvalue weighted by Crippen LogP contribution is 2.31. The van der Waals surface area contributed by atoms with Gasteiger partial charge in [0.1, 0.15) is 0 Å². The Morgan fingerprint density at radius 3 is 2.53 bits per heavy atom. The summed E-state index contributed by atoms with van der Waals surface area (Å²) in [4.78, 5) is 0. The van der Waals surface area contributed by atoms with Gasteiger partial charge in [-0.15, -0.1) is 0 Å². The molecule has 1 heterocycles. The summed E-state index contributed by atoms with van der Waals surface area (Å²) >= 11 is 0. The van der Waals surface area contributed by atoms with E-state index in [1.54, 1.807) is 14.2 Å². The van der Waals surface area contributed by atoms with E-state index in [4.69, 9.17) is 9.47 Å². The van der Waals surface area contributed by atoms with Crippen molar-refractivity contribution >= 4 is 0 Å². The van der Waals surface area contributed by atoms with Gasteiger partial charge in [0, 0.05) is 6.04 Å². The molecular weight excluding hydrogens is 238 g/mol. The van der Waals surface area contributed by atoms with Gasteiger partial charge in [-0.2, -0.15) is 0 Å². The number of ether oxygens (including phenoxy) is 2. The number of aryl methyl sites for hydroxylation is 2. The zero-order chi connectivity index (χ0) is 13.7. The fourth-order valence-corrected chi connectivity index (χ4v) is 2.79. The number of methoxy groups -OCH3 is 2. The first kappa shape index (κ1) is 14.2. The smallest absolute Gasteiger partial charge is 0.161 e. The van der Waals surface area contributed by atoms with Crippen molar-refractivity contribution in [1.29, 1.82) is 0 Å². The molecule has 0 aliphatic carbocycles. The van der Waals surface area contributed by atoms with E-state index in [0.717, 1.165) is 17.9 Å². The van der Waals surface area contributed by atoms with Crippen molar-refractivity contribution in [1.82, 2.24) is 5.32 Å². The molecule has 0 radical (unpaired) electrons. The van der Waals surface area contributed by atoms with Gasteiger partial charge in [0.15, 0.2) is 11.5 Å². The first-order valence-corrected chi connectivity index (χ1v) is 7.19. The molecule has 1 aliphatic rings. The zero-order valence-electron chi connectivity index (χ0n) is 12.3. The van der Waals surface area contributed by atoms with Crippen LogP contribution in [-0.4, -0.2) is 26.8 Å². The van der Waals surface area contributed by atoms with Gasteiger partial charge in [0.25, 0.3) is 0 Å². The van der Waals surface area contributed by atoms with Crippen LogP contribution in [0.1, 0.15) is 36.8 Å². The van der Waals surface area contributed by atoms with Crippen molar-refractivity contribution in [2.75, 3.05) is 20.8 Å². The number of piperidine rings is 1. The Morgan fingerprint density at radius 1 is 1.16 bits per heavy atom. The fourth-order valence-electron chi connectivity index (χ4n) is 2.79. The summed E-state index contributed by atoms with van der Waals surface area (Å²) in [7, 11) is 3.38. The number of hydrogen-bond acceptors (Lipinski definition) is 3. The highest BCUT2D eigenvalue weighted by atomic mass is 16.5. The van der Waals surface area contributed by atoms with Crippen LogP contribution in [0.4, 0.5) is 0 Å². The third-order valence-electron chi connectivity index (χ3n) is 4.02. The predicted octanol–water partition coefficient (Wildman–Crippen LogP) is 3.09. The predicted molar refractivity (Wildman–Crippen MR) is 78.2 cm³/mol. The van der Waals surface area contributed by atoms with Crippen molar-refractivity contribution in [3.8, 4) is 11.5 Å². The van der Waals surface area contributed by atoms with Gasteiger partial charge in [-0.3, -0.25) is 0 Å². The van der Waals surface area contributed by atoms with E-state index in [9.17, 15) is 0 Å². The van der Waals surface area contributed by atoms with E-state index in [-0.39, 0.29) is 0 Å². The van der Waals surface area contributed by atoms with Crippen LogP contribution in [0.2, 0.25) is 0 Å². The van der Waals surface area contributed by atoms with E-state index >= 15 is 0 Å². The molecule has 1 aromatic carbocycles. The molecule has 0 bridgehead atoms. The SMILES string of the molecule is COc1cc(C)c(CCC2CCCCN2)cc1OC. The second-order valence-corrected chi connectivity index (χ2v) is 5.32. The van der Waals surface area contributed by atoms with Crippen molar-refractivity contribution in [3.05, 3.63) is 23.3 Å². The second kappa shape index (κ2) is 6.80. The molecule has 1 saturated heterocycles. The minimum atomic E-state index is 0.682. The summed E-state index contributed by atoms with van der Waals surface area (Å²) in [6.07, 6.45) is 6.31. The molecule has 3 heteroatoms. The lowest BCUT2D eigenvalue weighted by atomic mass is 9.96. The third kappa shape index (κ3) is 3.63. The molecule has 1 fully saturated rings. The average Bonchev–Trinajstić information content (AvgIpc) is 2.46. The highest BCUT2D eigenvalue weighted by molar-refractivity contribution is 5.47. The van der Waals surface area contributed by atoms with Gasteiger partial charge in [-0.25, -0.2) is 0 Å². The van der Waals surface area contributed by atoms with Crippen molar-refractivity contribution < 1.29 is 9.47 Å². The summed E-state index contributed by atoms with van der Waals surface area (Å²) in [5.74, 6) is 1.65. The van der Waals surface area contributed by atoms with Crippen molar-refractivity contribution in [2.45, 2.75) is 45.1 Å². The molecule has 106 valence electrons. The van der Waals surface area contributed by atoms with Crippen molar-refractivity contribution in [3.63, 3.8) is 0 Å². The Bertz CT molecular complexity index is 411. The van der Waals surface area contributed by atoms with Gasteiger partial charge in [-0.1, -0.05) is 6.42 Å². The lowest BCUT2D eigenvalue weighted by Crippen LogP contribution is -2.34. The minimum Gasteiger partial charge on any atom is -0.493 e. The molecule has 3 nitrogen and oxygen atoms in total. The van der Waals surface area contributed by atoms with Gasteiger partial charge < -0.3 is 14.8 Å². The summed E-state index contributed by atoms with van der Waals surface area (Å²) in [6.45, 7) is 3.32. The molecule has 1 aliphatic heterocycles. The molecular formula is C16H25NO2. The highest BCUT2D eigenvalue weighted by Gasteiger charge is 2.14. The normalized spacial score (nSPS) is 19.2. The van der Waals surface area contributed by atoms with Crippen molar-refractivity contribution in [2.24, 2.45) is 0 Å². The lowest BCUT2D eigenvalue weighted by Gasteiger charge is -2.23. The van der Waals surface area contributed by atoms with Crippen LogP contribution in [0.5, 0.6) is 11.5 Å².